The van der Waals surface area contributed by atoms with E-state index in [2.05, 4.69) is 4.98 Å². The van der Waals surface area contributed by atoms with E-state index in [-0.39, 0.29) is 18.1 Å². The van der Waals surface area contributed by atoms with E-state index < -0.39 is 0 Å². The summed E-state index contributed by atoms with van der Waals surface area (Å²) >= 11 is 0. The maximum atomic E-state index is 13.2. The van der Waals surface area contributed by atoms with Gasteiger partial charge in [-0.2, -0.15) is 0 Å². The molecule has 2 aromatic carbocycles. The van der Waals surface area contributed by atoms with E-state index in [4.69, 9.17) is 9.15 Å². The molecule has 5 nitrogen and oxygen atoms in total. The number of morpholine rings is 1. The van der Waals surface area contributed by atoms with Crippen molar-refractivity contribution in [1.82, 2.24) is 9.88 Å². The zero-order valence-electron chi connectivity index (χ0n) is 15.5. The van der Waals surface area contributed by atoms with Crippen molar-refractivity contribution in [2.24, 2.45) is 0 Å². The summed E-state index contributed by atoms with van der Waals surface area (Å²) in [6.07, 6.45) is 1.75. The highest BCUT2D eigenvalue weighted by atomic mass is 16.5. The van der Waals surface area contributed by atoms with Crippen LogP contribution in [-0.2, 0) is 4.74 Å². The Morgan fingerprint density at radius 1 is 1.00 bits per heavy atom. The number of nitrogens with zero attached hydrogens (tertiary/aromatic N) is 2. The van der Waals surface area contributed by atoms with Crippen molar-refractivity contribution in [3.8, 4) is 22.8 Å². The highest BCUT2D eigenvalue weighted by Gasteiger charge is 2.28. The van der Waals surface area contributed by atoms with Gasteiger partial charge >= 0.3 is 0 Å². The standard InChI is InChI=1S/C22H22N2O3/c1-15-13-24(14-16(2)26-15)22(25)19-11-7-6-10-18(19)21-23-12-20(27-21)17-8-4-3-5-9-17/h3-12,15-16H,13-14H2,1-2H3. The summed E-state index contributed by atoms with van der Waals surface area (Å²) in [4.78, 5) is 19.4. The number of hydrogen-bond acceptors (Lipinski definition) is 4. The predicted molar refractivity (Wildman–Crippen MR) is 103 cm³/mol. The molecule has 0 radical (unpaired) electrons. The zero-order chi connectivity index (χ0) is 18.8. The van der Waals surface area contributed by atoms with Crippen molar-refractivity contribution in [2.45, 2.75) is 26.1 Å². The highest BCUT2D eigenvalue weighted by Crippen LogP contribution is 2.29. The topological polar surface area (TPSA) is 55.6 Å². The molecule has 1 aliphatic rings. The molecule has 5 heteroatoms. The third-order valence-corrected chi connectivity index (χ3v) is 4.66. The maximum absolute atomic E-state index is 13.2. The quantitative estimate of drug-likeness (QED) is 0.699. The molecular weight excluding hydrogens is 340 g/mol. The van der Waals surface area contributed by atoms with Gasteiger partial charge in [-0.1, -0.05) is 42.5 Å². The van der Waals surface area contributed by atoms with Crippen LogP contribution in [0.3, 0.4) is 0 Å². The van der Waals surface area contributed by atoms with Gasteiger partial charge in [0.25, 0.3) is 5.91 Å². The molecule has 0 bridgehead atoms. The SMILES string of the molecule is CC1CN(C(=O)c2ccccc2-c2ncc(-c3ccccc3)o2)CC(C)O1. The third-order valence-electron chi connectivity index (χ3n) is 4.66. The van der Waals surface area contributed by atoms with Crippen LogP contribution in [0.4, 0.5) is 0 Å². The molecule has 1 aliphatic heterocycles. The van der Waals surface area contributed by atoms with Crippen molar-refractivity contribution in [3.63, 3.8) is 0 Å². The predicted octanol–water partition coefficient (Wildman–Crippen LogP) is 4.26. The van der Waals surface area contributed by atoms with Crippen LogP contribution in [0.1, 0.15) is 24.2 Å². The molecular formula is C22H22N2O3. The largest absolute Gasteiger partial charge is 0.436 e. The van der Waals surface area contributed by atoms with Gasteiger partial charge in [0.1, 0.15) is 0 Å². The number of oxazole rings is 1. The second kappa shape index (κ2) is 7.37. The number of carbonyl (C=O) groups excluding carboxylic acids is 1. The van der Waals surface area contributed by atoms with E-state index in [9.17, 15) is 4.79 Å². The van der Waals surface area contributed by atoms with E-state index in [0.717, 1.165) is 5.56 Å². The van der Waals surface area contributed by atoms with Crippen LogP contribution in [-0.4, -0.2) is 41.1 Å². The van der Waals surface area contributed by atoms with Gasteiger partial charge in [-0.05, 0) is 26.0 Å². The Hall–Kier alpha value is -2.92. The van der Waals surface area contributed by atoms with E-state index in [1.54, 1.807) is 6.20 Å². The smallest absolute Gasteiger partial charge is 0.254 e. The first kappa shape index (κ1) is 17.5. The van der Waals surface area contributed by atoms with Gasteiger partial charge < -0.3 is 14.1 Å². The Morgan fingerprint density at radius 3 is 2.41 bits per heavy atom. The fourth-order valence-electron chi connectivity index (χ4n) is 3.50. The molecule has 1 fully saturated rings. The van der Waals surface area contributed by atoms with Gasteiger partial charge in [0.05, 0.1) is 24.0 Å². The van der Waals surface area contributed by atoms with Gasteiger partial charge in [-0.3, -0.25) is 4.79 Å². The van der Waals surface area contributed by atoms with E-state index >= 15 is 0 Å². The molecule has 1 aromatic heterocycles. The number of benzene rings is 2. The lowest BCUT2D eigenvalue weighted by Gasteiger charge is -2.35. The molecule has 4 rings (SSSR count). The van der Waals surface area contributed by atoms with Crippen molar-refractivity contribution in [2.75, 3.05) is 13.1 Å². The van der Waals surface area contributed by atoms with E-state index in [1.165, 1.54) is 0 Å². The van der Waals surface area contributed by atoms with Crippen LogP contribution in [0.5, 0.6) is 0 Å². The fourth-order valence-corrected chi connectivity index (χ4v) is 3.50. The van der Waals surface area contributed by atoms with Crippen LogP contribution >= 0.6 is 0 Å². The maximum Gasteiger partial charge on any atom is 0.254 e. The van der Waals surface area contributed by atoms with Gasteiger partial charge in [0, 0.05) is 24.2 Å². The highest BCUT2D eigenvalue weighted by molar-refractivity contribution is 6.00. The molecule has 138 valence electrons. The van der Waals surface area contributed by atoms with Gasteiger partial charge in [-0.25, -0.2) is 4.98 Å². The summed E-state index contributed by atoms with van der Waals surface area (Å²) in [6.45, 7) is 5.14. The summed E-state index contributed by atoms with van der Waals surface area (Å²) in [5.41, 5.74) is 2.26. The molecule has 2 atom stereocenters. The zero-order valence-corrected chi connectivity index (χ0v) is 15.5. The number of ether oxygens (including phenoxy) is 1. The minimum absolute atomic E-state index is 0.0212. The molecule has 2 heterocycles. The minimum Gasteiger partial charge on any atom is -0.436 e. The lowest BCUT2D eigenvalue weighted by Crippen LogP contribution is -2.48. The molecule has 2 unspecified atom stereocenters. The van der Waals surface area contributed by atoms with Crippen LogP contribution in [0.2, 0.25) is 0 Å². The Morgan fingerprint density at radius 2 is 1.67 bits per heavy atom. The Kier molecular flexibility index (Phi) is 4.77. The molecule has 27 heavy (non-hydrogen) atoms. The Balaban J connectivity index is 1.66. The first-order valence-electron chi connectivity index (χ1n) is 9.17. The van der Waals surface area contributed by atoms with Crippen molar-refractivity contribution in [3.05, 3.63) is 66.4 Å². The summed E-state index contributed by atoms with van der Waals surface area (Å²) < 4.78 is 11.7. The molecule has 0 spiro atoms. The summed E-state index contributed by atoms with van der Waals surface area (Å²) in [5, 5.41) is 0. The number of hydrogen-bond donors (Lipinski definition) is 0. The monoisotopic (exact) mass is 362 g/mol. The number of aromatic nitrogens is 1. The van der Waals surface area contributed by atoms with Crippen molar-refractivity contribution < 1.29 is 13.9 Å². The van der Waals surface area contributed by atoms with Crippen molar-refractivity contribution in [1.29, 1.82) is 0 Å². The molecule has 3 aromatic rings. The average molecular weight is 362 g/mol. The van der Waals surface area contributed by atoms with Gasteiger partial charge in [0.2, 0.25) is 5.89 Å². The van der Waals surface area contributed by atoms with Crippen LogP contribution in [0, 0.1) is 0 Å². The third kappa shape index (κ3) is 3.64. The van der Waals surface area contributed by atoms with Crippen LogP contribution in [0.25, 0.3) is 22.8 Å². The number of carbonyl (C=O) groups is 1. The number of rotatable bonds is 3. The summed E-state index contributed by atoms with van der Waals surface area (Å²) in [5.74, 6) is 1.11. The Labute approximate surface area is 158 Å². The molecule has 1 saturated heterocycles. The lowest BCUT2D eigenvalue weighted by molar-refractivity contribution is -0.0586. The molecule has 0 aliphatic carbocycles. The van der Waals surface area contributed by atoms with Gasteiger partial charge in [0.15, 0.2) is 5.76 Å². The normalized spacial score (nSPS) is 19.9. The average Bonchev–Trinajstić information content (AvgIpc) is 3.17. The van der Waals surface area contributed by atoms with Crippen molar-refractivity contribution >= 4 is 5.91 Å². The minimum atomic E-state index is -0.0212. The molecule has 0 N–H and O–H groups in total. The summed E-state index contributed by atoms with van der Waals surface area (Å²) in [6, 6.07) is 17.3. The first-order valence-corrected chi connectivity index (χ1v) is 9.17. The van der Waals surface area contributed by atoms with Crippen LogP contribution < -0.4 is 0 Å². The first-order chi connectivity index (χ1) is 13.1. The second-order valence-electron chi connectivity index (χ2n) is 6.91. The Bertz CT molecular complexity index is 925. The molecule has 0 saturated carbocycles. The van der Waals surface area contributed by atoms with E-state index in [0.29, 0.717) is 35.9 Å². The number of amides is 1. The summed E-state index contributed by atoms with van der Waals surface area (Å²) in [7, 11) is 0. The fraction of sp³-hybridized carbons (Fsp3) is 0.273. The second-order valence-corrected chi connectivity index (χ2v) is 6.91. The van der Waals surface area contributed by atoms with E-state index in [1.807, 2.05) is 73.3 Å². The lowest BCUT2D eigenvalue weighted by atomic mass is 10.1. The van der Waals surface area contributed by atoms with Gasteiger partial charge in [-0.15, -0.1) is 0 Å². The molecule has 1 amide bonds. The van der Waals surface area contributed by atoms with Crippen LogP contribution in [0.15, 0.2) is 65.2 Å².